The van der Waals surface area contributed by atoms with E-state index in [4.69, 9.17) is 26.2 Å². The number of nitrogens with zero attached hydrogens (tertiary/aromatic N) is 10. The van der Waals surface area contributed by atoms with Gasteiger partial charge in [0.25, 0.3) is 0 Å². The van der Waals surface area contributed by atoms with Gasteiger partial charge in [0.1, 0.15) is 12.2 Å². The lowest BCUT2D eigenvalue weighted by atomic mass is 9.61. The summed E-state index contributed by atoms with van der Waals surface area (Å²) in [7, 11) is 0. The molecule has 0 unspecified atom stereocenters. The maximum Gasteiger partial charge on any atom is 0.233 e. The summed E-state index contributed by atoms with van der Waals surface area (Å²) in [5.41, 5.74) is 11.8. The molecule has 2 aliphatic carbocycles. The van der Waals surface area contributed by atoms with Gasteiger partial charge in [0.2, 0.25) is 23.3 Å². The largest absolute Gasteiger partial charge is 0.473 e. The average molecular weight is 953 g/mol. The molecule has 0 bridgehead atoms. The highest BCUT2D eigenvalue weighted by Crippen LogP contribution is 2.51. The molecule has 69 heavy (non-hydrogen) atoms. The lowest BCUT2D eigenvalue weighted by molar-refractivity contribution is -0.484. The molecule has 2 saturated carbocycles. The van der Waals surface area contributed by atoms with Gasteiger partial charge in [-0.2, -0.15) is 5.26 Å². The number of rotatable bonds is 6. The van der Waals surface area contributed by atoms with E-state index in [1.807, 2.05) is 29.2 Å². The van der Waals surface area contributed by atoms with Crippen LogP contribution in [0.5, 0.6) is 5.88 Å². The highest BCUT2D eigenvalue weighted by Gasteiger charge is 2.49. The SMILES string of the molecule is CC(=O)N1CCC2=C(C1)C(N1CCCc3cc(C4COC4)c(C)cc31)=N[N+]2=C1CCC(N2CCC3(CC2)CC(Oc2ccc(N4CCC5(CC4)C[C@H](C)N(c4ccc(C#N)c(Cl)c4)C5)nn2)C3)CC1. The number of benzene rings is 2. The van der Waals surface area contributed by atoms with Crippen molar-refractivity contribution >= 4 is 46.2 Å². The molecule has 3 aromatic rings. The molecule has 0 radical (unpaired) electrons. The molecule has 1 atom stereocenters. The maximum atomic E-state index is 12.7. The zero-order valence-corrected chi connectivity index (χ0v) is 41.7. The van der Waals surface area contributed by atoms with Crippen LogP contribution in [0, 0.1) is 29.1 Å². The van der Waals surface area contributed by atoms with Crippen LogP contribution < -0.4 is 19.4 Å². The fourth-order valence-corrected chi connectivity index (χ4v) is 14.2. The molecule has 1 amide bonds. The summed E-state index contributed by atoms with van der Waals surface area (Å²) in [5.74, 6) is 3.30. The summed E-state index contributed by atoms with van der Waals surface area (Å²) < 4.78 is 14.4. The number of carbonyl (C=O) groups excluding carboxylic acids is 1. The number of ether oxygens (including phenoxy) is 2. The second-order valence-electron chi connectivity index (χ2n) is 22.3. The number of amides is 1. The van der Waals surface area contributed by atoms with Crippen molar-refractivity contribution < 1.29 is 19.0 Å². The number of anilines is 3. The molecule has 7 aliphatic heterocycles. The fraction of sp³-hybridized carbons (Fsp3) is 0.600. The summed E-state index contributed by atoms with van der Waals surface area (Å²) in [5, 5.41) is 24.6. The fourth-order valence-electron chi connectivity index (χ4n) is 14.0. The Morgan fingerprint density at radius 2 is 1.70 bits per heavy atom. The van der Waals surface area contributed by atoms with Gasteiger partial charge in [-0.3, -0.25) is 4.79 Å². The Kier molecular flexibility index (Phi) is 11.8. The van der Waals surface area contributed by atoms with E-state index < -0.39 is 0 Å². The van der Waals surface area contributed by atoms with Crippen LogP contribution in [0.25, 0.3) is 0 Å². The molecule has 12 rings (SSSR count). The first kappa shape index (κ1) is 45.1. The molecule has 6 fully saturated rings. The van der Waals surface area contributed by atoms with Gasteiger partial charge in [-0.15, -0.1) is 10.2 Å². The van der Waals surface area contributed by atoms with Crippen LogP contribution in [-0.2, 0) is 16.0 Å². The molecule has 1 aromatic heterocycles. The third kappa shape index (κ3) is 8.40. The quantitative estimate of drug-likeness (QED) is 0.223. The number of aryl methyl sites for hydroxylation is 2. The van der Waals surface area contributed by atoms with E-state index in [9.17, 15) is 10.1 Å². The highest BCUT2D eigenvalue weighted by atomic mass is 35.5. The number of halogens is 1. The zero-order chi connectivity index (χ0) is 47.0. The van der Waals surface area contributed by atoms with Crippen LogP contribution in [0.15, 0.2) is 58.8 Å². The van der Waals surface area contributed by atoms with E-state index in [0.717, 1.165) is 127 Å². The number of fused-ring (bicyclic) bond motifs is 1. The molecular weight excluding hydrogens is 884 g/mol. The Hall–Kier alpha value is -5.03. The number of carbonyl (C=O) groups is 1. The number of hydrogen-bond donors (Lipinski definition) is 0. The lowest BCUT2D eigenvalue weighted by Gasteiger charge is -2.53. The Bertz CT molecular complexity index is 2640. The summed E-state index contributed by atoms with van der Waals surface area (Å²) in [6, 6.07) is 18.0. The van der Waals surface area contributed by atoms with Gasteiger partial charge in [-0.1, -0.05) is 22.4 Å². The van der Waals surface area contributed by atoms with E-state index in [-0.39, 0.29) is 17.4 Å². The van der Waals surface area contributed by atoms with Gasteiger partial charge in [-0.05, 0) is 155 Å². The van der Waals surface area contributed by atoms with Crippen molar-refractivity contribution in [2.75, 3.05) is 80.3 Å². The van der Waals surface area contributed by atoms with Crippen LogP contribution in [-0.4, -0.2) is 126 Å². The smallest absolute Gasteiger partial charge is 0.233 e. The molecule has 14 heteroatoms. The molecule has 9 aliphatic rings. The van der Waals surface area contributed by atoms with Crippen LogP contribution in [0.2, 0.25) is 5.02 Å². The van der Waals surface area contributed by atoms with Gasteiger partial charge >= 0.3 is 0 Å². The molecule has 2 spiro atoms. The first-order valence-corrected chi connectivity index (χ1v) is 26.6. The normalized spacial score (nSPS) is 25.9. The van der Waals surface area contributed by atoms with Crippen molar-refractivity contribution in [3.8, 4) is 11.9 Å². The Morgan fingerprint density at radius 1 is 0.913 bits per heavy atom. The monoisotopic (exact) mass is 952 g/mol. The molecule has 2 aromatic carbocycles. The van der Waals surface area contributed by atoms with Gasteiger partial charge in [0.05, 0.1) is 42.3 Å². The minimum absolute atomic E-state index is 0.145. The minimum Gasteiger partial charge on any atom is -0.473 e. The topological polar surface area (TPSA) is 117 Å². The number of aromatic nitrogens is 2. The standard InChI is InChI=1S/C55H68ClN10O3/c1-36-25-50-39(26-46(36)41-33-68-34-41)5-4-19-64(50)53-47-32-63(38(3)67)20-14-49(47)66(60-53)43-10-8-42(9-11-43)61-21-15-54(16-22-61)29-45(30-54)69-52-13-12-51(58-59-52)62-23-17-55(18-24-62)28-37(2)65(35-55)44-7-6-40(31-57)48(56)27-44/h6-7,12-13,25-27,37,41-42,45H,4-5,8-11,14-24,28-30,32-35H2,1-3H3/q+1/t37-,42?/m0/s1. The highest BCUT2D eigenvalue weighted by molar-refractivity contribution is 6.32. The predicted octanol–water partition coefficient (Wildman–Crippen LogP) is 8.62. The number of amidine groups is 1. The summed E-state index contributed by atoms with van der Waals surface area (Å²) in [6.07, 6.45) is 15.8. The van der Waals surface area contributed by atoms with E-state index in [1.165, 1.54) is 78.1 Å². The number of hydrogen-bond acceptors (Lipinski definition) is 11. The van der Waals surface area contributed by atoms with Crippen molar-refractivity contribution in [1.82, 2.24) is 20.0 Å². The molecule has 0 N–H and O–H groups in total. The number of nitriles is 1. The van der Waals surface area contributed by atoms with E-state index in [1.54, 1.807) is 6.92 Å². The second-order valence-corrected chi connectivity index (χ2v) is 22.7. The van der Waals surface area contributed by atoms with Crippen molar-refractivity contribution in [3.05, 3.63) is 81.0 Å². The van der Waals surface area contributed by atoms with Crippen molar-refractivity contribution in [1.29, 1.82) is 5.26 Å². The van der Waals surface area contributed by atoms with Crippen molar-refractivity contribution in [2.45, 2.75) is 135 Å². The Labute approximate surface area is 412 Å². The molecule has 362 valence electrons. The number of likely N-dealkylation sites (tertiary alicyclic amines) is 1. The van der Waals surface area contributed by atoms with Gasteiger partial charge in [0.15, 0.2) is 11.5 Å². The summed E-state index contributed by atoms with van der Waals surface area (Å²) in [4.78, 5) is 24.8. The van der Waals surface area contributed by atoms with Gasteiger partial charge in [-0.25, -0.2) is 0 Å². The third-order valence-electron chi connectivity index (χ3n) is 18.2. The average Bonchev–Trinajstić information content (AvgIpc) is 3.88. The van der Waals surface area contributed by atoms with Crippen LogP contribution in [0.1, 0.15) is 125 Å². The first-order valence-electron chi connectivity index (χ1n) is 26.2. The van der Waals surface area contributed by atoms with Crippen molar-refractivity contribution in [2.24, 2.45) is 15.9 Å². The van der Waals surface area contributed by atoms with E-state index in [2.05, 4.69) is 72.6 Å². The third-order valence-corrected chi connectivity index (χ3v) is 18.5. The van der Waals surface area contributed by atoms with E-state index >= 15 is 0 Å². The summed E-state index contributed by atoms with van der Waals surface area (Å²) in [6.45, 7) is 15.6. The Morgan fingerprint density at radius 3 is 2.39 bits per heavy atom. The predicted molar refractivity (Wildman–Crippen MR) is 270 cm³/mol. The van der Waals surface area contributed by atoms with E-state index in [0.29, 0.717) is 46.4 Å². The Balaban J connectivity index is 0.628. The van der Waals surface area contributed by atoms with Crippen LogP contribution in [0.4, 0.5) is 17.2 Å². The van der Waals surface area contributed by atoms with Crippen molar-refractivity contribution in [3.63, 3.8) is 0 Å². The van der Waals surface area contributed by atoms with Crippen LogP contribution >= 0.6 is 11.6 Å². The molecule has 8 heterocycles. The van der Waals surface area contributed by atoms with Gasteiger partial charge < -0.3 is 34.0 Å². The second kappa shape index (κ2) is 18.0. The molecular formula is C55H68ClN10O3+. The number of piperidine rings is 2. The lowest BCUT2D eigenvalue weighted by Crippen LogP contribution is -2.53. The summed E-state index contributed by atoms with van der Waals surface area (Å²) >= 11 is 6.42. The molecule has 13 nitrogen and oxygen atoms in total. The molecule has 4 saturated heterocycles. The zero-order valence-electron chi connectivity index (χ0n) is 40.9. The maximum absolute atomic E-state index is 12.7. The minimum atomic E-state index is 0.145. The first-order chi connectivity index (χ1) is 33.5. The van der Waals surface area contributed by atoms with Crippen LogP contribution in [0.3, 0.4) is 0 Å². The number of hydrazone groups is 1. The van der Waals surface area contributed by atoms with Gasteiger partial charge in [0, 0.05) is 93.0 Å².